The van der Waals surface area contributed by atoms with Gasteiger partial charge in [-0.1, -0.05) is 12.1 Å². The first-order valence-corrected chi connectivity index (χ1v) is 9.09. The average Bonchev–Trinajstić information content (AvgIpc) is 3.12. The summed E-state index contributed by atoms with van der Waals surface area (Å²) in [7, 11) is 0. The fraction of sp³-hybridized carbons (Fsp3) is 0.381. The standard InChI is InChI=1S/C21H22FN3O2/c1-13-17(14(2)24-21(27)18(13)12-23)9-10-20(26)25-11-3-4-19(25)15-5-7-16(22)8-6-15/h5-8,19H,3-4,9-11H2,1-2H3,(H,24,27). The van der Waals surface area contributed by atoms with Crippen molar-refractivity contribution in [3.8, 4) is 6.07 Å². The normalized spacial score (nSPS) is 16.4. The summed E-state index contributed by atoms with van der Waals surface area (Å²) >= 11 is 0. The summed E-state index contributed by atoms with van der Waals surface area (Å²) in [6, 6.07) is 8.24. The Balaban J connectivity index is 1.75. The molecule has 0 aliphatic carbocycles. The fourth-order valence-electron chi connectivity index (χ4n) is 3.89. The molecule has 1 fully saturated rings. The topological polar surface area (TPSA) is 77.0 Å². The minimum Gasteiger partial charge on any atom is -0.336 e. The molecule has 3 rings (SSSR count). The summed E-state index contributed by atoms with van der Waals surface area (Å²) in [5, 5.41) is 9.17. The predicted molar refractivity (Wildman–Crippen MR) is 99.7 cm³/mol. The fourth-order valence-corrected chi connectivity index (χ4v) is 3.89. The average molecular weight is 367 g/mol. The molecule has 1 atom stereocenters. The number of carbonyl (C=O) groups is 1. The minimum absolute atomic E-state index is 0.0226. The number of halogens is 1. The molecule has 1 aliphatic heterocycles. The quantitative estimate of drug-likeness (QED) is 0.901. The van der Waals surface area contributed by atoms with Gasteiger partial charge in [-0.25, -0.2) is 4.39 Å². The van der Waals surface area contributed by atoms with Gasteiger partial charge < -0.3 is 9.88 Å². The number of aromatic amines is 1. The van der Waals surface area contributed by atoms with E-state index in [1.807, 2.05) is 11.0 Å². The molecule has 27 heavy (non-hydrogen) atoms. The van der Waals surface area contributed by atoms with E-state index in [0.29, 0.717) is 30.6 Å². The van der Waals surface area contributed by atoms with Gasteiger partial charge in [0.25, 0.3) is 5.56 Å². The van der Waals surface area contributed by atoms with Crippen LogP contribution in [0.1, 0.15) is 53.3 Å². The van der Waals surface area contributed by atoms with Gasteiger partial charge in [-0.15, -0.1) is 0 Å². The Morgan fingerprint density at radius 1 is 1.33 bits per heavy atom. The molecule has 1 aromatic carbocycles. The number of pyridine rings is 1. The van der Waals surface area contributed by atoms with Gasteiger partial charge in [0.15, 0.2) is 0 Å². The van der Waals surface area contributed by atoms with Gasteiger partial charge in [-0.2, -0.15) is 5.26 Å². The summed E-state index contributed by atoms with van der Waals surface area (Å²) < 4.78 is 13.2. The number of H-pyrrole nitrogens is 1. The first-order chi connectivity index (χ1) is 12.9. The Hall–Kier alpha value is -2.94. The lowest BCUT2D eigenvalue weighted by Crippen LogP contribution is -2.31. The van der Waals surface area contributed by atoms with Crippen LogP contribution < -0.4 is 5.56 Å². The molecular weight excluding hydrogens is 345 g/mol. The van der Waals surface area contributed by atoms with Crippen LogP contribution in [0.25, 0.3) is 0 Å². The van der Waals surface area contributed by atoms with E-state index in [4.69, 9.17) is 0 Å². The maximum atomic E-state index is 13.2. The van der Waals surface area contributed by atoms with Crippen LogP contribution in [-0.2, 0) is 11.2 Å². The number of hydrogen-bond acceptors (Lipinski definition) is 3. The van der Waals surface area contributed by atoms with Crippen molar-refractivity contribution in [2.24, 2.45) is 0 Å². The zero-order chi connectivity index (χ0) is 19.6. The van der Waals surface area contributed by atoms with Crippen LogP contribution in [0.5, 0.6) is 0 Å². The molecule has 6 heteroatoms. The van der Waals surface area contributed by atoms with Crippen molar-refractivity contribution in [1.29, 1.82) is 5.26 Å². The summed E-state index contributed by atoms with van der Waals surface area (Å²) in [5.41, 5.74) is 2.85. The number of nitrogens with one attached hydrogen (secondary N) is 1. The Bertz CT molecular complexity index is 957. The van der Waals surface area contributed by atoms with E-state index in [2.05, 4.69) is 4.98 Å². The van der Waals surface area contributed by atoms with E-state index in [0.717, 1.165) is 24.0 Å². The maximum Gasteiger partial charge on any atom is 0.266 e. The van der Waals surface area contributed by atoms with Crippen molar-refractivity contribution < 1.29 is 9.18 Å². The monoisotopic (exact) mass is 367 g/mol. The highest BCUT2D eigenvalue weighted by Gasteiger charge is 2.29. The molecule has 1 N–H and O–H groups in total. The van der Waals surface area contributed by atoms with E-state index in [-0.39, 0.29) is 23.3 Å². The van der Waals surface area contributed by atoms with Crippen LogP contribution in [0.15, 0.2) is 29.1 Å². The highest BCUT2D eigenvalue weighted by atomic mass is 19.1. The molecule has 140 valence electrons. The third-order valence-electron chi connectivity index (χ3n) is 5.34. The predicted octanol–water partition coefficient (Wildman–Crippen LogP) is 3.30. The van der Waals surface area contributed by atoms with Crippen molar-refractivity contribution in [2.75, 3.05) is 6.54 Å². The van der Waals surface area contributed by atoms with Crippen molar-refractivity contribution >= 4 is 5.91 Å². The number of amides is 1. The van der Waals surface area contributed by atoms with Crippen molar-refractivity contribution in [1.82, 2.24) is 9.88 Å². The van der Waals surface area contributed by atoms with Gasteiger partial charge >= 0.3 is 0 Å². The third kappa shape index (κ3) is 3.77. The van der Waals surface area contributed by atoms with Gasteiger partial charge in [0, 0.05) is 18.7 Å². The number of benzene rings is 1. The number of aryl methyl sites for hydroxylation is 1. The molecule has 0 bridgehead atoms. The smallest absolute Gasteiger partial charge is 0.266 e. The zero-order valence-electron chi connectivity index (χ0n) is 15.5. The largest absolute Gasteiger partial charge is 0.336 e. The van der Waals surface area contributed by atoms with Crippen molar-refractivity contribution in [3.05, 3.63) is 68.4 Å². The Kier molecular flexibility index (Phi) is 5.41. The third-order valence-corrected chi connectivity index (χ3v) is 5.34. The Morgan fingerprint density at radius 2 is 2.04 bits per heavy atom. The van der Waals surface area contributed by atoms with Crippen LogP contribution >= 0.6 is 0 Å². The molecule has 5 nitrogen and oxygen atoms in total. The van der Waals surface area contributed by atoms with E-state index in [1.54, 1.807) is 26.0 Å². The first-order valence-electron chi connectivity index (χ1n) is 9.09. The number of carbonyl (C=O) groups excluding carboxylic acids is 1. The summed E-state index contributed by atoms with van der Waals surface area (Å²) in [6.07, 6.45) is 2.56. The number of nitrogens with zero attached hydrogens (tertiary/aromatic N) is 2. The highest BCUT2D eigenvalue weighted by molar-refractivity contribution is 5.77. The molecule has 2 heterocycles. The van der Waals surface area contributed by atoms with E-state index >= 15 is 0 Å². The molecule has 0 radical (unpaired) electrons. The number of aromatic nitrogens is 1. The maximum absolute atomic E-state index is 13.2. The van der Waals surface area contributed by atoms with Crippen LogP contribution in [0, 0.1) is 31.0 Å². The van der Waals surface area contributed by atoms with Crippen LogP contribution in [0.3, 0.4) is 0 Å². The van der Waals surface area contributed by atoms with Crippen molar-refractivity contribution in [3.63, 3.8) is 0 Å². The molecule has 1 aliphatic rings. The molecule has 1 unspecified atom stereocenters. The highest BCUT2D eigenvalue weighted by Crippen LogP contribution is 2.32. The second-order valence-electron chi connectivity index (χ2n) is 6.97. The molecule has 1 saturated heterocycles. The molecule has 1 aromatic heterocycles. The molecule has 0 saturated carbocycles. The lowest BCUT2D eigenvalue weighted by atomic mass is 9.98. The lowest BCUT2D eigenvalue weighted by Gasteiger charge is -2.25. The van der Waals surface area contributed by atoms with E-state index < -0.39 is 5.56 Å². The number of hydrogen-bond donors (Lipinski definition) is 1. The lowest BCUT2D eigenvalue weighted by molar-refractivity contribution is -0.132. The van der Waals surface area contributed by atoms with E-state index in [1.165, 1.54) is 12.1 Å². The first kappa shape index (κ1) is 18.8. The Labute approximate surface area is 157 Å². The van der Waals surface area contributed by atoms with Gasteiger partial charge in [-0.3, -0.25) is 9.59 Å². The number of likely N-dealkylation sites (tertiary alicyclic amines) is 1. The molecule has 0 spiro atoms. The zero-order valence-corrected chi connectivity index (χ0v) is 15.5. The summed E-state index contributed by atoms with van der Waals surface area (Å²) in [5.74, 6) is -0.253. The SMILES string of the molecule is Cc1[nH]c(=O)c(C#N)c(C)c1CCC(=O)N1CCCC1c1ccc(F)cc1. The second-order valence-corrected chi connectivity index (χ2v) is 6.97. The van der Waals surface area contributed by atoms with Gasteiger partial charge in [-0.05, 0) is 61.9 Å². The van der Waals surface area contributed by atoms with Crippen LogP contribution in [0.2, 0.25) is 0 Å². The van der Waals surface area contributed by atoms with Crippen LogP contribution in [0.4, 0.5) is 4.39 Å². The van der Waals surface area contributed by atoms with Gasteiger partial charge in [0.05, 0.1) is 6.04 Å². The Morgan fingerprint density at radius 3 is 2.70 bits per heavy atom. The van der Waals surface area contributed by atoms with Gasteiger partial charge in [0.1, 0.15) is 17.4 Å². The van der Waals surface area contributed by atoms with E-state index in [9.17, 15) is 19.2 Å². The second kappa shape index (κ2) is 7.75. The minimum atomic E-state index is -0.390. The van der Waals surface area contributed by atoms with Gasteiger partial charge in [0.2, 0.25) is 5.91 Å². The molecule has 1 amide bonds. The summed E-state index contributed by atoms with van der Waals surface area (Å²) in [6.45, 7) is 4.22. The molecule has 2 aromatic rings. The van der Waals surface area contributed by atoms with Crippen molar-refractivity contribution in [2.45, 2.75) is 45.6 Å². The van der Waals surface area contributed by atoms with Crippen LogP contribution in [-0.4, -0.2) is 22.3 Å². The number of nitriles is 1. The number of rotatable bonds is 4. The molecular formula is C21H22FN3O2. The summed E-state index contributed by atoms with van der Waals surface area (Å²) in [4.78, 5) is 29.2.